The summed E-state index contributed by atoms with van der Waals surface area (Å²) in [6.45, 7) is 8.30. The van der Waals surface area contributed by atoms with E-state index >= 15 is 0 Å². The Morgan fingerprint density at radius 1 is 1.31 bits per heavy atom. The monoisotopic (exact) mass is 396 g/mol. The van der Waals surface area contributed by atoms with Crippen LogP contribution < -0.4 is 5.32 Å². The van der Waals surface area contributed by atoms with E-state index in [4.69, 9.17) is 9.47 Å². The zero-order valence-electron chi connectivity index (χ0n) is 17.1. The number of amides is 1. The molecular formula is C22H28N4O3. The maximum atomic E-state index is 12.8. The van der Waals surface area contributed by atoms with Crippen LogP contribution in [0, 0.1) is 0 Å². The first-order chi connectivity index (χ1) is 14.0. The minimum absolute atomic E-state index is 0.0699. The first kappa shape index (κ1) is 19.9. The second-order valence-corrected chi connectivity index (χ2v) is 8.34. The minimum atomic E-state index is -0.0889. The molecule has 2 aliphatic rings. The molecule has 2 fully saturated rings. The highest BCUT2D eigenvalue weighted by Crippen LogP contribution is 2.20. The van der Waals surface area contributed by atoms with Crippen molar-refractivity contribution in [3.63, 3.8) is 0 Å². The number of carbonyl (C=O) groups is 1. The van der Waals surface area contributed by atoms with Gasteiger partial charge in [-0.15, -0.1) is 10.2 Å². The molecule has 4 rings (SSSR count). The number of nitrogens with one attached hydrogen (secondary N) is 1. The molecule has 3 heterocycles. The van der Waals surface area contributed by atoms with Crippen molar-refractivity contribution < 1.29 is 14.3 Å². The van der Waals surface area contributed by atoms with Crippen LogP contribution in [0.4, 0.5) is 0 Å². The summed E-state index contributed by atoms with van der Waals surface area (Å²) in [6, 6.07) is 11.7. The van der Waals surface area contributed by atoms with Crippen LogP contribution in [0.2, 0.25) is 0 Å². The third kappa shape index (κ3) is 4.98. The molecule has 0 saturated carbocycles. The Hall–Kier alpha value is -2.35. The Kier molecular flexibility index (Phi) is 5.89. The fraction of sp³-hybridized carbons (Fsp3) is 0.500. The largest absolute Gasteiger partial charge is 0.379 e. The first-order valence-corrected chi connectivity index (χ1v) is 10.2. The van der Waals surface area contributed by atoms with E-state index in [0.29, 0.717) is 32.0 Å². The normalized spacial score (nSPS) is 21.3. The minimum Gasteiger partial charge on any atom is -0.379 e. The maximum Gasteiger partial charge on any atom is 0.274 e. The highest BCUT2D eigenvalue weighted by atomic mass is 16.5. The van der Waals surface area contributed by atoms with Gasteiger partial charge in [0.25, 0.3) is 5.91 Å². The molecule has 1 aromatic carbocycles. The SMILES string of the molecule is CC1(C)CN(C(=O)c2ccc(-c3cccc(COC4CCOC4)c3)nn2)CCN1. The van der Waals surface area contributed by atoms with Gasteiger partial charge < -0.3 is 19.7 Å². The van der Waals surface area contributed by atoms with Crippen LogP contribution in [0.15, 0.2) is 36.4 Å². The number of hydrogen-bond acceptors (Lipinski definition) is 6. The van der Waals surface area contributed by atoms with Gasteiger partial charge in [-0.3, -0.25) is 4.79 Å². The van der Waals surface area contributed by atoms with Crippen molar-refractivity contribution in [1.29, 1.82) is 0 Å². The van der Waals surface area contributed by atoms with Crippen LogP contribution >= 0.6 is 0 Å². The number of ether oxygens (including phenoxy) is 2. The van der Waals surface area contributed by atoms with Crippen molar-refractivity contribution in [2.75, 3.05) is 32.8 Å². The van der Waals surface area contributed by atoms with Gasteiger partial charge in [-0.2, -0.15) is 0 Å². The summed E-state index contributed by atoms with van der Waals surface area (Å²) in [4.78, 5) is 14.6. The third-order valence-corrected chi connectivity index (χ3v) is 5.34. The van der Waals surface area contributed by atoms with E-state index in [1.54, 1.807) is 6.07 Å². The molecule has 7 nitrogen and oxygen atoms in total. The smallest absolute Gasteiger partial charge is 0.274 e. The zero-order valence-corrected chi connectivity index (χ0v) is 17.1. The van der Waals surface area contributed by atoms with E-state index in [0.717, 1.165) is 36.4 Å². The van der Waals surface area contributed by atoms with Gasteiger partial charge in [-0.05, 0) is 44.0 Å². The molecule has 29 heavy (non-hydrogen) atoms. The first-order valence-electron chi connectivity index (χ1n) is 10.2. The molecule has 1 N–H and O–H groups in total. The molecule has 0 spiro atoms. The average molecular weight is 396 g/mol. The van der Waals surface area contributed by atoms with Crippen LogP contribution in [0.1, 0.15) is 36.3 Å². The van der Waals surface area contributed by atoms with Gasteiger partial charge in [0.05, 0.1) is 25.0 Å². The molecule has 7 heteroatoms. The fourth-order valence-electron chi connectivity index (χ4n) is 3.76. The molecule has 2 aliphatic heterocycles. The van der Waals surface area contributed by atoms with Gasteiger partial charge >= 0.3 is 0 Å². The van der Waals surface area contributed by atoms with E-state index < -0.39 is 0 Å². The average Bonchev–Trinajstić information content (AvgIpc) is 3.25. The molecule has 154 valence electrons. The number of benzene rings is 1. The molecule has 0 radical (unpaired) electrons. The summed E-state index contributed by atoms with van der Waals surface area (Å²) in [6.07, 6.45) is 1.13. The number of piperazine rings is 1. The molecule has 2 saturated heterocycles. The predicted octanol–water partition coefficient (Wildman–Crippen LogP) is 2.27. The topological polar surface area (TPSA) is 76.6 Å². The van der Waals surface area contributed by atoms with E-state index in [-0.39, 0.29) is 17.6 Å². The van der Waals surface area contributed by atoms with Crippen LogP contribution in [-0.2, 0) is 16.1 Å². The lowest BCUT2D eigenvalue weighted by Gasteiger charge is -2.38. The number of carbonyl (C=O) groups excluding carboxylic acids is 1. The van der Waals surface area contributed by atoms with Gasteiger partial charge in [0.1, 0.15) is 0 Å². The molecular weight excluding hydrogens is 368 g/mol. The fourth-order valence-corrected chi connectivity index (χ4v) is 3.76. The van der Waals surface area contributed by atoms with Crippen LogP contribution in [0.3, 0.4) is 0 Å². The van der Waals surface area contributed by atoms with Crippen molar-refractivity contribution in [1.82, 2.24) is 20.4 Å². The number of hydrogen-bond donors (Lipinski definition) is 1. The van der Waals surface area contributed by atoms with Gasteiger partial charge in [0.2, 0.25) is 0 Å². The lowest BCUT2D eigenvalue weighted by molar-refractivity contribution is 0.0318. The molecule has 1 unspecified atom stereocenters. The Morgan fingerprint density at radius 2 is 2.21 bits per heavy atom. The summed E-state index contributed by atoms with van der Waals surface area (Å²) in [5.41, 5.74) is 3.08. The second-order valence-electron chi connectivity index (χ2n) is 8.34. The molecule has 0 aliphatic carbocycles. The predicted molar refractivity (Wildman–Crippen MR) is 109 cm³/mol. The molecule has 1 aromatic heterocycles. The Labute approximate surface area is 171 Å². The quantitative estimate of drug-likeness (QED) is 0.836. The Balaban J connectivity index is 1.42. The van der Waals surface area contributed by atoms with E-state index in [2.05, 4.69) is 35.4 Å². The summed E-state index contributed by atoms with van der Waals surface area (Å²) < 4.78 is 11.2. The van der Waals surface area contributed by atoms with Crippen molar-refractivity contribution >= 4 is 5.91 Å². The number of rotatable bonds is 5. The molecule has 0 bridgehead atoms. The zero-order chi connectivity index (χ0) is 20.3. The molecule has 2 aromatic rings. The highest BCUT2D eigenvalue weighted by Gasteiger charge is 2.29. The van der Waals surface area contributed by atoms with E-state index in [9.17, 15) is 4.79 Å². The second kappa shape index (κ2) is 8.57. The van der Waals surface area contributed by atoms with Gasteiger partial charge in [0.15, 0.2) is 5.69 Å². The van der Waals surface area contributed by atoms with Crippen LogP contribution in [-0.4, -0.2) is 65.5 Å². The highest BCUT2D eigenvalue weighted by molar-refractivity contribution is 5.92. The number of aromatic nitrogens is 2. The number of nitrogens with zero attached hydrogens (tertiary/aromatic N) is 3. The standard InChI is InChI=1S/C22H28N4O3/c1-22(2)15-26(10-9-23-22)21(27)20-7-6-19(24-25-20)17-5-3-4-16(12-17)13-29-18-8-11-28-14-18/h3-7,12,18,23H,8-11,13-15H2,1-2H3. The lowest BCUT2D eigenvalue weighted by atomic mass is 10.0. The summed E-state index contributed by atoms with van der Waals surface area (Å²) >= 11 is 0. The van der Waals surface area contributed by atoms with E-state index in [1.165, 1.54) is 0 Å². The Bertz CT molecular complexity index is 847. The third-order valence-electron chi connectivity index (χ3n) is 5.34. The Morgan fingerprint density at radius 3 is 2.93 bits per heavy atom. The van der Waals surface area contributed by atoms with Crippen molar-refractivity contribution in [3.8, 4) is 11.3 Å². The van der Waals surface area contributed by atoms with Gasteiger partial charge in [0, 0.05) is 37.3 Å². The molecule has 1 amide bonds. The van der Waals surface area contributed by atoms with Gasteiger partial charge in [-0.1, -0.05) is 18.2 Å². The van der Waals surface area contributed by atoms with Crippen LogP contribution in [0.5, 0.6) is 0 Å². The van der Waals surface area contributed by atoms with Crippen molar-refractivity contribution in [3.05, 3.63) is 47.7 Å². The van der Waals surface area contributed by atoms with Crippen LogP contribution in [0.25, 0.3) is 11.3 Å². The summed E-state index contributed by atoms with van der Waals surface area (Å²) in [5.74, 6) is -0.0699. The van der Waals surface area contributed by atoms with Gasteiger partial charge in [-0.25, -0.2) is 0 Å². The van der Waals surface area contributed by atoms with Crippen molar-refractivity contribution in [2.45, 2.75) is 38.5 Å². The summed E-state index contributed by atoms with van der Waals surface area (Å²) in [7, 11) is 0. The maximum absolute atomic E-state index is 12.8. The molecule has 1 atom stereocenters. The lowest BCUT2D eigenvalue weighted by Crippen LogP contribution is -2.58. The summed E-state index contributed by atoms with van der Waals surface area (Å²) in [5, 5.41) is 11.9. The van der Waals surface area contributed by atoms with E-state index in [1.807, 2.05) is 29.2 Å². The van der Waals surface area contributed by atoms with Crippen molar-refractivity contribution in [2.24, 2.45) is 0 Å².